The van der Waals surface area contributed by atoms with Crippen LogP contribution in [-0.2, 0) is 9.53 Å². The highest BCUT2D eigenvalue weighted by molar-refractivity contribution is 6.00. The zero-order valence-electron chi connectivity index (χ0n) is 12.8. The number of ether oxygens (including phenoxy) is 1. The zero-order chi connectivity index (χ0) is 16.8. The maximum absolute atomic E-state index is 12.1. The quantitative estimate of drug-likeness (QED) is 0.652. The van der Waals surface area contributed by atoms with Crippen molar-refractivity contribution in [2.24, 2.45) is 0 Å². The molecule has 1 heterocycles. The van der Waals surface area contributed by atoms with Gasteiger partial charge in [-0.1, -0.05) is 30.3 Å². The van der Waals surface area contributed by atoms with Crippen LogP contribution in [0.15, 0.2) is 53.1 Å². The van der Waals surface area contributed by atoms with Crippen LogP contribution in [0, 0.1) is 0 Å². The summed E-state index contributed by atoms with van der Waals surface area (Å²) in [6, 6.07) is 10.7. The third-order valence-electron chi connectivity index (χ3n) is 3.17. The van der Waals surface area contributed by atoms with Gasteiger partial charge in [0.2, 0.25) is 5.78 Å². The molecule has 0 saturated heterocycles. The molecule has 2 aromatic rings. The number of rotatable bonds is 6. The second kappa shape index (κ2) is 7.40. The Hall–Kier alpha value is -2.89. The normalized spacial score (nSPS) is 13.0. The van der Waals surface area contributed by atoms with Gasteiger partial charge in [-0.05, 0) is 26.0 Å². The Bertz CT molecular complexity index is 678. The van der Waals surface area contributed by atoms with Crippen molar-refractivity contribution in [3.63, 3.8) is 0 Å². The van der Waals surface area contributed by atoms with Gasteiger partial charge < -0.3 is 14.5 Å². The Kier molecular flexibility index (Phi) is 5.30. The predicted octanol–water partition coefficient (Wildman–Crippen LogP) is 2.21. The van der Waals surface area contributed by atoms with Gasteiger partial charge in [0, 0.05) is 5.56 Å². The van der Waals surface area contributed by atoms with Gasteiger partial charge in [-0.25, -0.2) is 4.79 Å². The molecule has 1 amide bonds. The molecule has 120 valence electrons. The minimum Gasteiger partial charge on any atom is -0.459 e. The minimum atomic E-state index is -0.937. The fourth-order valence-electron chi connectivity index (χ4n) is 1.90. The SMILES string of the molecule is CC(OC(=O)[C@H](C)NC(=O)c1ccco1)C(=O)c1ccccc1. The van der Waals surface area contributed by atoms with Crippen molar-refractivity contribution in [2.75, 3.05) is 0 Å². The summed E-state index contributed by atoms with van der Waals surface area (Å²) in [5.74, 6) is -1.43. The summed E-state index contributed by atoms with van der Waals surface area (Å²) in [6.45, 7) is 2.97. The topological polar surface area (TPSA) is 85.6 Å². The fourth-order valence-corrected chi connectivity index (χ4v) is 1.90. The van der Waals surface area contributed by atoms with E-state index < -0.39 is 24.0 Å². The Labute approximate surface area is 133 Å². The lowest BCUT2D eigenvalue weighted by Crippen LogP contribution is -2.41. The predicted molar refractivity (Wildman–Crippen MR) is 82.0 cm³/mol. The van der Waals surface area contributed by atoms with Gasteiger partial charge in [0.1, 0.15) is 6.04 Å². The second-order valence-corrected chi connectivity index (χ2v) is 4.98. The lowest BCUT2D eigenvalue weighted by atomic mass is 10.1. The first kappa shape index (κ1) is 16.5. The van der Waals surface area contributed by atoms with E-state index in [0.717, 1.165) is 0 Å². The van der Waals surface area contributed by atoms with E-state index >= 15 is 0 Å². The van der Waals surface area contributed by atoms with Crippen LogP contribution < -0.4 is 5.32 Å². The Morgan fingerprint density at radius 1 is 1.04 bits per heavy atom. The van der Waals surface area contributed by atoms with Crippen molar-refractivity contribution in [1.82, 2.24) is 5.32 Å². The number of benzene rings is 1. The van der Waals surface area contributed by atoms with Gasteiger partial charge in [-0.3, -0.25) is 9.59 Å². The van der Waals surface area contributed by atoms with E-state index in [0.29, 0.717) is 5.56 Å². The second-order valence-electron chi connectivity index (χ2n) is 4.98. The summed E-state index contributed by atoms with van der Waals surface area (Å²) in [4.78, 5) is 35.9. The highest BCUT2D eigenvalue weighted by Gasteiger charge is 2.24. The third kappa shape index (κ3) is 4.29. The number of esters is 1. The van der Waals surface area contributed by atoms with Gasteiger partial charge >= 0.3 is 5.97 Å². The summed E-state index contributed by atoms with van der Waals surface area (Å²) in [6.07, 6.45) is 0.422. The van der Waals surface area contributed by atoms with E-state index in [2.05, 4.69) is 5.32 Å². The Morgan fingerprint density at radius 3 is 2.35 bits per heavy atom. The van der Waals surface area contributed by atoms with Crippen LogP contribution in [0.3, 0.4) is 0 Å². The van der Waals surface area contributed by atoms with Crippen LogP contribution in [0.5, 0.6) is 0 Å². The summed E-state index contributed by atoms with van der Waals surface area (Å²) < 4.78 is 10.0. The number of furan rings is 1. The van der Waals surface area contributed by atoms with Crippen molar-refractivity contribution in [3.05, 3.63) is 60.1 Å². The minimum absolute atomic E-state index is 0.0954. The summed E-state index contributed by atoms with van der Waals surface area (Å²) in [7, 11) is 0. The van der Waals surface area contributed by atoms with Crippen molar-refractivity contribution in [2.45, 2.75) is 26.0 Å². The van der Waals surface area contributed by atoms with Crippen molar-refractivity contribution < 1.29 is 23.5 Å². The van der Waals surface area contributed by atoms with Crippen LogP contribution in [0.1, 0.15) is 34.8 Å². The molecule has 0 fully saturated rings. The molecule has 0 aliphatic heterocycles. The number of carbonyl (C=O) groups excluding carboxylic acids is 3. The molecule has 1 aromatic heterocycles. The number of hydrogen-bond donors (Lipinski definition) is 1. The van der Waals surface area contributed by atoms with E-state index in [9.17, 15) is 14.4 Å². The standard InChI is InChI=1S/C17H17NO5/c1-11(18-16(20)14-9-6-10-22-14)17(21)23-12(2)15(19)13-7-4-3-5-8-13/h3-12H,1-2H3,(H,18,20)/t11-,12?/m0/s1. The number of hydrogen-bond acceptors (Lipinski definition) is 5. The summed E-state index contributed by atoms with van der Waals surface area (Å²) in [5.41, 5.74) is 0.458. The van der Waals surface area contributed by atoms with Crippen molar-refractivity contribution in [1.29, 1.82) is 0 Å². The number of carbonyl (C=O) groups is 3. The van der Waals surface area contributed by atoms with E-state index in [1.165, 1.54) is 26.2 Å². The molecule has 0 aliphatic carbocycles. The fraction of sp³-hybridized carbons (Fsp3) is 0.235. The number of amides is 1. The van der Waals surface area contributed by atoms with Gasteiger partial charge in [0.25, 0.3) is 5.91 Å². The number of ketones is 1. The van der Waals surface area contributed by atoms with Crippen LogP contribution in [0.25, 0.3) is 0 Å². The van der Waals surface area contributed by atoms with Crippen LogP contribution in [0.4, 0.5) is 0 Å². The van der Waals surface area contributed by atoms with Crippen LogP contribution in [-0.4, -0.2) is 29.8 Å². The molecule has 0 radical (unpaired) electrons. The van der Waals surface area contributed by atoms with Crippen molar-refractivity contribution >= 4 is 17.7 Å². The monoisotopic (exact) mass is 315 g/mol. The molecule has 6 nitrogen and oxygen atoms in total. The van der Waals surface area contributed by atoms with Gasteiger partial charge in [-0.15, -0.1) is 0 Å². The lowest BCUT2D eigenvalue weighted by Gasteiger charge is -2.16. The number of Topliss-reactive ketones (excluding diaryl/α,β-unsaturated/α-hetero) is 1. The highest BCUT2D eigenvalue weighted by atomic mass is 16.5. The zero-order valence-corrected chi connectivity index (χ0v) is 12.8. The average molecular weight is 315 g/mol. The summed E-state index contributed by atoms with van der Waals surface area (Å²) >= 11 is 0. The molecule has 2 atom stereocenters. The largest absolute Gasteiger partial charge is 0.459 e. The lowest BCUT2D eigenvalue weighted by molar-refractivity contribution is -0.148. The molecule has 1 aromatic carbocycles. The molecular formula is C17H17NO5. The number of nitrogens with one attached hydrogen (secondary N) is 1. The maximum Gasteiger partial charge on any atom is 0.329 e. The summed E-state index contributed by atoms with van der Waals surface area (Å²) in [5, 5.41) is 2.45. The van der Waals surface area contributed by atoms with E-state index in [-0.39, 0.29) is 11.5 Å². The molecule has 1 N–H and O–H groups in total. The molecule has 0 spiro atoms. The van der Waals surface area contributed by atoms with E-state index in [4.69, 9.17) is 9.15 Å². The van der Waals surface area contributed by atoms with Gasteiger partial charge in [-0.2, -0.15) is 0 Å². The molecule has 6 heteroatoms. The molecule has 2 rings (SSSR count). The molecule has 23 heavy (non-hydrogen) atoms. The highest BCUT2D eigenvalue weighted by Crippen LogP contribution is 2.07. The average Bonchev–Trinajstić information content (AvgIpc) is 3.09. The molecule has 0 saturated carbocycles. The first-order chi connectivity index (χ1) is 11.0. The van der Waals surface area contributed by atoms with E-state index in [1.54, 1.807) is 36.4 Å². The van der Waals surface area contributed by atoms with Gasteiger partial charge in [0.05, 0.1) is 6.26 Å². The Balaban J connectivity index is 1.90. The molecule has 0 aliphatic rings. The first-order valence-electron chi connectivity index (χ1n) is 7.13. The van der Waals surface area contributed by atoms with Crippen molar-refractivity contribution in [3.8, 4) is 0 Å². The molecule has 1 unspecified atom stereocenters. The van der Waals surface area contributed by atoms with E-state index in [1.807, 2.05) is 0 Å². The molecular weight excluding hydrogens is 298 g/mol. The van der Waals surface area contributed by atoms with Gasteiger partial charge in [0.15, 0.2) is 11.9 Å². The maximum atomic E-state index is 12.1. The first-order valence-corrected chi connectivity index (χ1v) is 7.13. The third-order valence-corrected chi connectivity index (χ3v) is 3.17. The Morgan fingerprint density at radius 2 is 1.74 bits per heavy atom. The molecule has 0 bridgehead atoms. The van der Waals surface area contributed by atoms with Crippen LogP contribution >= 0.6 is 0 Å². The smallest absolute Gasteiger partial charge is 0.329 e. The van der Waals surface area contributed by atoms with Crippen LogP contribution in [0.2, 0.25) is 0 Å².